The van der Waals surface area contributed by atoms with Gasteiger partial charge in [0.25, 0.3) is 0 Å². The smallest absolute Gasteiger partial charge is 0.337 e. The van der Waals surface area contributed by atoms with E-state index in [2.05, 4.69) is 0 Å². The molecule has 0 aromatic heterocycles. The van der Waals surface area contributed by atoms with E-state index >= 15 is 0 Å². The van der Waals surface area contributed by atoms with Crippen LogP contribution in [0.1, 0.15) is 60.4 Å². The first kappa shape index (κ1) is 30.7. The van der Waals surface area contributed by atoms with E-state index in [9.17, 15) is 39.6 Å². The number of aliphatic hydroxyl groups excluding tert-OH is 2. The number of amides is 1. The third-order valence-corrected chi connectivity index (χ3v) is 10.4. The van der Waals surface area contributed by atoms with Crippen LogP contribution in [0.2, 0.25) is 0 Å². The highest BCUT2D eigenvalue weighted by molar-refractivity contribution is 6.09. The lowest BCUT2D eigenvalue weighted by molar-refractivity contribution is -0.265. The molecule has 5 rings (SSSR count). The Balaban J connectivity index is 1.73. The number of carbonyl (C=O) groups excluding carboxylic acids is 4. The summed E-state index contributed by atoms with van der Waals surface area (Å²) in [6, 6.07) is 7.59. The Morgan fingerprint density at radius 1 is 1.09 bits per heavy atom. The van der Waals surface area contributed by atoms with Crippen molar-refractivity contribution in [2.45, 2.75) is 58.3 Å². The first-order chi connectivity index (χ1) is 19.9. The number of Topliss-reactive ketones (excluding diaryl/α,β-unsaturated/α-hetero) is 2. The summed E-state index contributed by atoms with van der Waals surface area (Å²) in [5.74, 6) is -8.21. The standard InChI is InChI=1S/C32H38N2O9/c1-13(2)22-25(37)21(28(34)40)26(38)32(42)27(39)23-24(36)20-18(11-30(23,3)12-31(22,32)4)17(6-7-19(20)35)14-8-15(29(41)43-5)10-16(33)9-14/h6-10,13,21-23,25,27,35,37,39,42H,11-12,33H2,1-5H3,(H2,34,40)/t21-,22+,23-,25?,27?,30-,31-,32+/m1/s1. The maximum atomic E-state index is 14.3. The normalized spacial score (nSPS) is 35.1. The number of ketones is 2. The molecule has 11 heteroatoms. The molecule has 0 bridgehead atoms. The van der Waals surface area contributed by atoms with Gasteiger partial charge in [0.05, 0.1) is 30.3 Å². The molecule has 1 amide bonds. The average Bonchev–Trinajstić information content (AvgIpc) is 2.89. The van der Waals surface area contributed by atoms with Gasteiger partial charge in [0.1, 0.15) is 17.8 Å². The monoisotopic (exact) mass is 594 g/mol. The van der Waals surface area contributed by atoms with Gasteiger partial charge in [-0.3, -0.25) is 14.4 Å². The SMILES string of the molecule is COC(=O)c1cc(N)cc(-c2ccc(O)c3c2C[C@]2(C)C[C@]4(C)[C@@H](C(C)C)C(O)[C@@H](C(N)=O)C(=O)[C@]4(O)C(O)[C@H]2C3=O)c1. The molecule has 0 radical (unpaired) electrons. The van der Waals surface area contributed by atoms with Crippen molar-refractivity contribution in [3.8, 4) is 16.9 Å². The number of methoxy groups -OCH3 is 1. The molecular weight excluding hydrogens is 556 g/mol. The van der Waals surface area contributed by atoms with Crippen LogP contribution in [-0.2, 0) is 20.7 Å². The molecule has 0 saturated heterocycles. The molecule has 3 aliphatic rings. The first-order valence-electron chi connectivity index (χ1n) is 14.2. The van der Waals surface area contributed by atoms with E-state index in [-0.39, 0.29) is 41.3 Å². The van der Waals surface area contributed by atoms with Gasteiger partial charge in [-0.2, -0.15) is 0 Å². The fourth-order valence-electron chi connectivity index (χ4n) is 8.85. The molecule has 230 valence electrons. The fraction of sp³-hybridized carbons (Fsp3) is 0.500. The lowest BCUT2D eigenvalue weighted by Crippen LogP contribution is -2.79. The van der Waals surface area contributed by atoms with Crippen LogP contribution in [0.15, 0.2) is 30.3 Å². The molecule has 0 heterocycles. The van der Waals surface area contributed by atoms with Crippen LogP contribution in [0.3, 0.4) is 0 Å². The largest absolute Gasteiger partial charge is 0.507 e. The number of carbonyl (C=O) groups is 4. The van der Waals surface area contributed by atoms with Crippen molar-refractivity contribution in [2.24, 2.45) is 40.2 Å². The number of aliphatic hydroxyl groups is 3. The molecule has 2 aromatic carbocycles. The topological polar surface area (TPSA) is 210 Å². The predicted molar refractivity (Wildman–Crippen MR) is 155 cm³/mol. The highest BCUT2D eigenvalue weighted by Crippen LogP contribution is 2.66. The molecule has 8 atom stereocenters. The Kier molecular flexibility index (Phi) is 7.03. The Bertz CT molecular complexity index is 1570. The van der Waals surface area contributed by atoms with E-state index < -0.39 is 69.8 Å². The molecule has 0 aliphatic heterocycles. The number of nitrogens with two attached hydrogens (primary N) is 2. The Morgan fingerprint density at radius 3 is 2.33 bits per heavy atom. The zero-order valence-corrected chi connectivity index (χ0v) is 24.7. The number of fused-ring (bicyclic) bond motifs is 3. The van der Waals surface area contributed by atoms with Gasteiger partial charge in [0, 0.05) is 11.1 Å². The van der Waals surface area contributed by atoms with E-state index in [1.165, 1.54) is 19.2 Å². The second kappa shape index (κ2) is 9.87. The van der Waals surface area contributed by atoms with Gasteiger partial charge >= 0.3 is 5.97 Å². The maximum absolute atomic E-state index is 14.3. The van der Waals surface area contributed by atoms with Crippen molar-refractivity contribution >= 4 is 29.1 Å². The number of phenols is 1. The van der Waals surface area contributed by atoms with Crippen LogP contribution in [0.25, 0.3) is 11.1 Å². The molecule has 0 spiro atoms. The third-order valence-electron chi connectivity index (χ3n) is 10.4. The summed E-state index contributed by atoms with van der Waals surface area (Å²) in [4.78, 5) is 52.8. The van der Waals surface area contributed by atoms with Gasteiger partial charge in [-0.25, -0.2) is 4.79 Å². The summed E-state index contributed by atoms with van der Waals surface area (Å²) in [6.07, 6.45) is -3.35. The molecule has 2 fully saturated rings. The van der Waals surface area contributed by atoms with Crippen LogP contribution in [0.5, 0.6) is 5.75 Å². The Hall–Kier alpha value is -3.80. The number of benzene rings is 2. The third kappa shape index (κ3) is 4.05. The summed E-state index contributed by atoms with van der Waals surface area (Å²) in [5, 5.41) is 46.4. The van der Waals surface area contributed by atoms with Crippen molar-refractivity contribution in [1.29, 1.82) is 0 Å². The van der Waals surface area contributed by atoms with Gasteiger partial charge in [-0.15, -0.1) is 0 Å². The maximum Gasteiger partial charge on any atom is 0.337 e. The quantitative estimate of drug-likeness (QED) is 0.171. The number of ether oxygens (including phenoxy) is 1. The molecule has 3 aliphatic carbocycles. The van der Waals surface area contributed by atoms with Crippen molar-refractivity contribution in [3.63, 3.8) is 0 Å². The average molecular weight is 595 g/mol. The molecule has 2 aromatic rings. The summed E-state index contributed by atoms with van der Waals surface area (Å²) in [6.45, 7) is 6.94. The van der Waals surface area contributed by atoms with Crippen molar-refractivity contribution < 1.29 is 44.3 Å². The fourth-order valence-corrected chi connectivity index (χ4v) is 8.85. The first-order valence-corrected chi connectivity index (χ1v) is 14.2. The molecule has 8 N–H and O–H groups in total. The number of anilines is 1. The molecule has 2 unspecified atom stereocenters. The molecule has 43 heavy (non-hydrogen) atoms. The summed E-state index contributed by atoms with van der Waals surface area (Å²) in [5.41, 5.74) is 8.34. The van der Waals surface area contributed by atoms with E-state index in [0.717, 1.165) is 0 Å². The molecule has 2 saturated carbocycles. The van der Waals surface area contributed by atoms with E-state index in [1.807, 2.05) is 0 Å². The van der Waals surface area contributed by atoms with Crippen LogP contribution in [0, 0.1) is 34.5 Å². The second-order valence-corrected chi connectivity index (χ2v) is 13.3. The number of phenolic OH excluding ortho intramolecular Hbond substituents is 1. The summed E-state index contributed by atoms with van der Waals surface area (Å²) >= 11 is 0. The Morgan fingerprint density at radius 2 is 1.74 bits per heavy atom. The molecule has 11 nitrogen and oxygen atoms in total. The van der Waals surface area contributed by atoms with E-state index in [1.54, 1.807) is 45.9 Å². The zero-order chi connectivity index (χ0) is 32.0. The minimum Gasteiger partial charge on any atom is -0.507 e. The highest BCUT2D eigenvalue weighted by Gasteiger charge is 2.75. The minimum atomic E-state index is -2.59. The number of rotatable bonds is 4. The zero-order valence-electron chi connectivity index (χ0n) is 24.7. The van der Waals surface area contributed by atoms with Crippen LogP contribution >= 0.6 is 0 Å². The van der Waals surface area contributed by atoms with Crippen molar-refractivity contribution in [1.82, 2.24) is 0 Å². The number of primary amides is 1. The van der Waals surface area contributed by atoms with E-state index in [0.29, 0.717) is 16.7 Å². The van der Waals surface area contributed by atoms with Gasteiger partial charge in [-0.1, -0.05) is 33.8 Å². The number of nitrogen functional groups attached to an aromatic ring is 1. The van der Waals surface area contributed by atoms with Crippen LogP contribution < -0.4 is 11.5 Å². The number of hydrogen-bond donors (Lipinski definition) is 6. The number of aromatic hydroxyl groups is 1. The highest BCUT2D eigenvalue weighted by atomic mass is 16.5. The molecular formula is C32H38N2O9. The van der Waals surface area contributed by atoms with Crippen LogP contribution in [-0.4, -0.2) is 68.8 Å². The number of esters is 1. The van der Waals surface area contributed by atoms with Gasteiger partial charge in [-0.05, 0) is 71.0 Å². The summed E-state index contributed by atoms with van der Waals surface area (Å²) in [7, 11) is 1.24. The predicted octanol–water partition coefficient (Wildman–Crippen LogP) is 1.61. The van der Waals surface area contributed by atoms with E-state index in [4.69, 9.17) is 16.2 Å². The van der Waals surface area contributed by atoms with Crippen LogP contribution in [0.4, 0.5) is 5.69 Å². The lowest BCUT2D eigenvalue weighted by Gasteiger charge is -2.66. The lowest BCUT2D eigenvalue weighted by atomic mass is 9.39. The number of hydrogen-bond acceptors (Lipinski definition) is 10. The van der Waals surface area contributed by atoms with Crippen molar-refractivity contribution in [3.05, 3.63) is 47.0 Å². The minimum absolute atomic E-state index is 0.0139. The second-order valence-electron chi connectivity index (χ2n) is 13.3. The van der Waals surface area contributed by atoms with Gasteiger partial charge in [0.2, 0.25) is 5.91 Å². The summed E-state index contributed by atoms with van der Waals surface area (Å²) < 4.78 is 4.85. The van der Waals surface area contributed by atoms with Crippen molar-refractivity contribution in [2.75, 3.05) is 12.8 Å². The Labute approximate surface area is 248 Å². The van der Waals surface area contributed by atoms with Gasteiger partial charge in [0.15, 0.2) is 17.2 Å². The van der Waals surface area contributed by atoms with Gasteiger partial charge < -0.3 is 36.6 Å².